The number of ether oxygens (including phenoxy) is 3. The SMILES string of the molecule is CCOC(CNc1ccc(C#N)cc1OC)OCC. The lowest BCUT2D eigenvalue weighted by atomic mass is 10.2. The van der Waals surface area contributed by atoms with Crippen LogP contribution in [0, 0.1) is 11.3 Å². The molecule has 0 aliphatic carbocycles. The van der Waals surface area contributed by atoms with Crippen LogP contribution in [0.4, 0.5) is 5.69 Å². The van der Waals surface area contributed by atoms with E-state index in [1.165, 1.54) is 0 Å². The predicted octanol–water partition coefficient (Wildman–Crippen LogP) is 2.38. The highest BCUT2D eigenvalue weighted by Gasteiger charge is 2.10. The highest BCUT2D eigenvalue weighted by molar-refractivity contribution is 5.59. The minimum atomic E-state index is -0.296. The summed E-state index contributed by atoms with van der Waals surface area (Å²) in [6.07, 6.45) is -0.296. The molecule has 1 aromatic carbocycles. The third kappa shape index (κ3) is 4.78. The number of methoxy groups -OCH3 is 1. The van der Waals surface area contributed by atoms with Gasteiger partial charge in [0.1, 0.15) is 5.75 Å². The van der Waals surface area contributed by atoms with Crippen molar-refractivity contribution in [2.24, 2.45) is 0 Å². The molecule has 1 N–H and O–H groups in total. The summed E-state index contributed by atoms with van der Waals surface area (Å²) in [4.78, 5) is 0. The lowest BCUT2D eigenvalue weighted by Gasteiger charge is -2.19. The van der Waals surface area contributed by atoms with Crippen LogP contribution in [-0.4, -0.2) is 33.2 Å². The Morgan fingerprint density at radius 1 is 1.26 bits per heavy atom. The molecule has 0 spiro atoms. The fourth-order valence-electron chi connectivity index (χ4n) is 1.64. The quantitative estimate of drug-likeness (QED) is 0.730. The predicted molar refractivity (Wildman–Crippen MR) is 73.2 cm³/mol. The van der Waals surface area contributed by atoms with Crippen LogP contribution in [-0.2, 0) is 9.47 Å². The number of hydrogen-bond acceptors (Lipinski definition) is 5. The van der Waals surface area contributed by atoms with Crippen molar-refractivity contribution in [2.75, 3.05) is 32.2 Å². The maximum absolute atomic E-state index is 8.84. The van der Waals surface area contributed by atoms with Gasteiger partial charge in [-0.15, -0.1) is 0 Å². The summed E-state index contributed by atoms with van der Waals surface area (Å²) in [5.74, 6) is 0.630. The molecule has 0 bridgehead atoms. The number of nitrogens with one attached hydrogen (secondary N) is 1. The summed E-state index contributed by atoms with van der Waals surface area (Å²) in [7, 11) is 1.57. The highest BCUT2D eigenvalue weighted by Crippen LogP contribution is 2.25. The first-order valence-electron chi connectivity index (χ1n) is 6.30. The van der Waals surface area contributed by atoms with Gasteiger partial charge in [-0.25, -0.2) is 0 Å². The van der Waals surface area contributed by atoms with Crippen LogP contribution in [0.15, 0.2) is 18.2 Å². The van der Waals surface area contributed by atoms with Gasteiger partial charge in [0.05, 0.1) is 31.0 Å². The molecule has 0 fully saturated rings. The first-order chi connectivity index (χ1) is 9.24. The molecule has 1 rings (SSSR count). The Labute approximate surface area is 114 Å². The van der Waals surface area contributed by atoms with Crippen LogP contribution in [0.5, 0.6) is 5.75 Å². The first kappa shape index (κ1) is 15.3. The van der Waals surface area contributed by atoms with Crippen molar-refractivity contribution in [3.05, 3.63) is 23.8 Å². The maximum Gasteiger partial charge on any atom is 0.174 e. The van der Waals surface area contributed by atoms with E-state index in [0.29, 0.717) is 31.1 Å². The molecular weight excluding hydrogens is 244 g/mol. The minimum absolute atomic E-state index is 0.296. The molecule has 0 heterocycles. The van der Waals surface area contributed by atoms with Crippen molar-refractivity contribution in [3.8, 4) is 11.8 Å². The molecule has 0 atom stereocenters. The Morgan fingerprint density at radius 3 is 2.47 bits per heavy atom. The van der Waals surface area contributed by atoms with E-state index in [9.17, 15) is 0 Å². The standard InChI is InChI=1S/C14H20N2O3/c1-4-18-14(19-5-2)10-16-12-7-6-11(9-15)8-13(12)17-3/h6-8,14,16H,4-5,10H2,1-3H3. The summed E-state index contributed by atoms with van der Waals surface area (Å²) in [5.41, 5.74) is 1.37. The molecule has 0 saturated heterocycles. The smallest absolute Gasteiger partial charge is 0.174 e. The summed E-state index contributed by atoms with van der Waals surface area (Å²) in [6.45, 7) is 5.56. The second-order valence-corrected chi connectivity index (χ2v) is 3.75. The van der Waals surface area contributed by atoms with Gasteiger partial charge in [0, 0.05) is 19.3 Å². The first-order valence-corrected chi connectivity index (χ1v) is 6.30. The zero-order valence-electron chi connectivity index (χ0n) is 11.6. The third-order valence-electron chi connectivity index (χ3n) is 2.49. The molecule has 0 amide bonds. The minimum Gasteiger partial charge on any atom is -0.495 e. The number of anilines is 1. The van der Waals surface area contributed by atoms with Gasteiger partial charge in [-0.3, -0.25) is 0 Å². The van der Waals surface area contributed by atoms with E-state index < -0.39 is 0 Å². The average molecular weight is 264 g/mol. The molecule has 19 heavy (non-hydrogen) atoms. The largest absolute Gasteiger partial charge is 0.495 e. The molecule has 5 heteroatoms. The van der Waals surface area contributed by atoms with Crippen LogP contribution >= 0.6 is 0 Å². The van der Waals surface area contributed by atoms with Crippen molar-refractivity contribution in [1.29, 1.82) is 5.26 Å². The second kappa shape index (κ2) is 8.35. The van der Waals surface area contributed by atoms with Gasteiger partial charge >= 0.3 is 0 Å². The van der Waals surface area contributed by atoms with Crippen LogP contribution in [0.1, 0.15) is 19.4 Å². The monoisotopic (exact) mass is 264 g/mol. The van der Waals surface area contributed by atoms with Crippen molar-refractivity contribution in [1.82, 2.24) is 0 Å². The lowest BCUT2D eigenvalue weighted by Crippen LogP contribution is -2.26. The zero-order chi connectivity index (χ0) is 14.1. The number of hydrogen-bond donors (Lipinski definition) is 1. The van der Waals surface area contributed by atoms with Gasteiger partial charge in [-0.1, -0.05) is 0 Å². The third-order valence-corrected chi connectivity index (χ3v) is 2.49. The number of rotatable bonds is 8. The fourth-order valence-corrected chi connectivity index (χ4v) is 1.64. The second-order valence-electron chi connectivity index (χ2n) is 3.75. The molecule has 104 valence electrons. The number of benzene rings is 1. The molecule has 0 saturated carbocycles. The molecule has 1 aromatic rings. The molecule has 0 unspecified atom stereocenters. The summed E-state index contributed by atoms with van der Waals surface area (Å²) in [5, 5.41) is 12.0. The van der Waals surface area contributed by atoms with E-state index in [-0.39, 0.29) is 6.29 Å². The Bertz CT molecular complexity index is 423. The topological polar surface area (TPSA) is 63.5 Å². The average Bonchev–Trinajstić information content (AvgIpc) is 2.45. The van der Waals surface area contributed by atoms with Gasteiger partial charge in [0.2, 0.25) is 0 Å². The van der Waals surface area contributed by atoms with Gasteiger partial charge in [-0.2, -0.15) is 5.26 Å². The fraction of sp³-hybridized carbons (Fsp3) is 0.500. The van der Waals surface area contributed by atoms with Gasteiger partial charge in [0.25, 0.3) is 0 Å². The zero-order valence-corrected chi connectivity index (χ0v) is 11.6. The Balaban J connectivity index is 2.68. The van der Waals surface area contributed by atoms with Gasteiger partial charge < -0.3 is 19.5 Å². The van der Waals surface area contributed by atoms with E-state index in [1.807, 2.05) is 19.9 Å². The maximum atomic E-state index is 8.84. The normalized spacial score (nSPS) is 10.3. The van der Waals surface area contributed by atoms with E-state index in [0.717, 1.165) is 5.69 Å². The van der Waals surface area contributed by atoms with Crippen molar-refractivity contribution in [3.63, 3.8) is 0 Å². The molecule has 0 aliphatic rings. The van der Waals surface area contributed by atoms with Crippen molar-refractivity contribution >= 4 is 5.69 Å². The summed E-state index contributed by atoms with van der Waals surface area (Å²) < 4.78 is 16.1. The van der Waals surface area contributed by atoms with Crippen LogP contribution < -0.4 is 10.1 Å². The van der Waals surface area contributed by atoms with Crippen LogP contribution in [0.2, 0.25) is 0 Å². The molecular formula is C14H20N2O3. The van der Waals surface area contributed by atoms with Gasteiger partial charge in [0.15, 0.2) is 6.29 Å². The lowest BCUT2D eigenvalue weighted by molar-refractivity contribution is -0.126. The molecule has 0 aromatic heterocycles. The molecule has 0 aliphatic heterocycles. The Morgan fingerprint density at radius 2 is 1.95 bits per heavy atom. The number of nitrogens with zero attached hydrogens (tertiary/aromatic N) is 1. The van der Waals surface area contributed by atoms with Gasteiger partial charge in [-0.05, 0) is 26.0 Å². The summed E-state index contributed by atoms with van der Waals surface area (Å²) >= 11 is 0. The highest BCUT2D eigenvalue weighted by atomic mass is 16.7. The number of nitriles is 1. The van der Waals surface area contributed by atoms with Crippen LogP contribution in [0.3, 0.4) is 0 Å². The molecule has 0 radical (unpaired) electrons. The van der Waals surface area contributed by atoms with E-state index in [1.54, 1.807) is 19.2 Å². The Hall–Kier alpha value is -1.77. The Kier molecular flexibility index (Phi) is 6.72. The van der Waals surface area contributed by atoms with Crippen molar-refractivity contribution in [2.45, 2.75) is 20.1 Å². The van der Waals surface area contributed by atoms with E-state index in [4.69, 9.17) is 19.5 Å². The van der Waals surface area contributed by atoms with E-state index >= 15 is 0 Å². The van der Waals surface area contributed by atoms with Crippen molar-refractivity contribution < 1.29 is 14.2 Å². The van der Waals surface area contributed by atoms with Crippen LogP contribution in [0.25, 0.3) is 0 Å². The van der Waals surface area contributed by atoms with E-state index in [2.05, 4.69) is 11.4 Å². The summed E-state index contributed by atoms with van der Waals surface area (Å²) in [6, 6.07) is 7.32. The molecule has 5 nitrogen and oxygen atoms in total.